The fourth-order valence-electron chi connectivity index (χ4n) is 2.63. The first-order valence-corrected chi connectivity index (χ1v) is 6.93. The minimum absolute atomic E-state index is 0.0143. The van der Waals surface area contributed by atoms with Crippen molar-refractivity contribution in [3.8, 4) is 5.75 Å². The molecule has 21 heavy (non-hydrogen) atoms. The van der Waals surface area contributed by atoms with Crippen LogP contribution in [0.15, 0.2) is 12.1 Å². The Balaban J connectivity index is 2.14. The molecule has 0 saturated heterocycles. The monoisotopic (exact) mass is 298 g/mol. The lowest BCUT2D eigenvalue weighted by Crippen LogP contribution is -2.38. The van der Waals surface area contributed by atoms with Crippen molar-refractivity contribution in [3.63, 3.8) is 0 Å². The summed E-state index contributed by atoms with van der Waals surface area (Å²) in [7, 11) is 1.29. The highest BCUT2D eigenvalue weighted by Crippen LogP contribution is 2.33. The average Bonchev–Trinajstić information content (AvgIpc) is 2.46. The first-order valence-electron chi connectivity index (χ1n) is 6.93. The molecule has 116 valence electrons. The van der Waals surface area contributed by atoms with E-state index < -0.39 is 22.0 Å². The first-order chi connectivity index (χ1) is 9.95. The normalized spacial score (nSPS) is 17.3. The molecule has 1 aromatic rings. The average molecular weight is 298 g/mol. The zero-order valence-electron chi connectivity index (χ0n) is 11.9. The van der Waals surface area contributed by atoms with Crippen molar-refractivity contribution in [2.45, 2.75) is 37.7 Å². The number of benzene rings is 1. The molecule has 0 radical (unpaired) electrons. The van der Waals surface area contributed by atoms with E-state index in [1.807, 2.05) is 0 Å². The summed E-state index contributed by atoms with van der Waals surface area (Å²) in [6.45, 7) is 0.213. The fourth-order valence-corrected chi connectivity index (χ4v) is 2.63. The largest absolute Gasteiger partial charge is 0.490 e. The summed E-state index contributed by atoms with van der Waals surface area (Å²) >= 11 is 0. The highest BCUT2D eigenvalue weighted by atomic mass is 19.1. The molecular formula is C14H19FN2O4. The molecule has 0 spiro atoms. The minimum Gasteiger partial charge on any atom is -0.490 e. The van der Waals surface area contributed by atoms with Gasteiger partial charge in [0.05, 0.1) is 29.4 Å². The summed E-state index contributed by atoms with van der Waals surface area (Å²) in [5.74, 6) is -0.749. The SMILES string of the molecule is COc1cc(NCC2(O)CCCCC2)c(F)cc1[N+](=O)[O-]. The number of halogens is 1. The Hall–Kier alpha value is -1.89. The van der Waals surface area contributed by atoms with E-state index in [1.165, 1.54) is 13.2 Å². The van der Waals surface area contributed by atoms with E-state index in [0.717, 1.165) is 25.3 Å². The van der Waals surface area contributed by atoms with Gasteiger partial charge in [0, 0.05) is 12.6 Å². The second kappa shape index (κ2) is 6.26. The van der Waals surface area contributed by atoms with Crippen LogP contribution >= 0.6 is 0 Å². The van der Waals surface area contributed by atoms with Gasteiger partial charge in [-0.05, 0) is 12.8 Å². The number of nitro groups is 1. The van der Waals surface area contributed by atoms with Crippen LogP contribution in [-0.4, -0.2) is 29.3 Å². The van der Waals surface area contributed by atoms with Gasteiger partial charge < -0.3 is 15.2 Å². The Kier molecular flexibility index (Phi) is 4.62. The van der Waals surface area contributed by atoms with Gasteiger partial charge in [0.15, 0.2) is 11.6 Å². The van der Waals surface area contributed by atoms with Gasteiger partial charge in [0.2, 0.25) is 0 Å². The molecule has 1 saturated carbocycles. The Morgan fingerprint density at radius 1 is 1.43 bits per heavy atom. The predicted molar refractivity (Wildman–Crippen MR) is 76.1 cm³/mol. The third-order valence-corrected chi connectivity index (χ3v) is 3.86. The van der Waals surface area contributed by atoms with Crippen molar-refractivity contribution >= 4 is 11.4 Å². The molecule has 1 aliphatic rings. The number of nitrogens with zero attached hydrogens (tertiary/aromatic N) is 1. The zero-order valence-corrected chi connectivity index (χ0v) is 11.9. The fraction of sp³-hybridized carbons (Fsp3) is 0.571. The summed E-state index contributed by atoms with van der Waals surface area (Å²) in [6.07, 6.45) is 4.34. The number of ether oxygens (including phenoxy) is 1. The zero-order chi connectivity index (χ0) is 15.5. The van der Waals surface area contributed by atoms with E-state index in [4.69, 9.17) is 4.74 Å². The van der Waals surface area contributed by atoms with Crippen LogP contribution in [0.4, 0.5) is 15.8 Å². The van der Waals surface area contributed by atoms with Gasteiger partial charge >= 0.3 is 5.69 Å². The Labute approximate surface area is 122 Å². The third kappa shape index (κ3) is 3.60. The number of hydrogen-bond acceptors (Lipinski definition) is 5. The third-order valence-electron chi connectivity index (χ3n) is 3.86. The predicted octanol–water partition coefficient (Wildman–Crippen LogP) is 2.85. The van der Waals surface area contributed by atoms with Crippen LogP contribution in [-0.2, 0) is 0 Å². The van der Waals surface area contributed by atoms with Crippen LogP contribution in [0.3, 0.4) is 0 Å². The molecule has 0 amide bonds. The summed E-state index contributed by atoms with van der Waals surface area (Å²) in [6, 6.07) is 2.08. The number of nitrogens with one attached hydrogen (secondary N) is 1. The van der Waals surface area contributed by atoms with Crippen LogP contribution in [0.2, 0.25) is 0 Å². The number of nitro benzene ring substituents is 1. The van der Waals surface area contributed by atoms with Crippen molar-refractivity contribution in [1.29, 1.82) is 0 Å². The highest BCUT2D eigenvalue weighted by molar-refractivity contribution is 5.59. The van der Waals surface area contributed by atoms with Crippen molar-refractivity contribution in [2.75, 3.05) is 19.0 Å². The molecule has 6 nitrogen and oxygen atoms in total. The Morgan fingerprint density at radius 2 is 2.10 bits per heavy atom. The molecule has 7 heteroatoms. The van der Waals surface area contributed by atoms with Crippen LogP contribution in [0.5, 0.6) is 5.75 Å². The van der Waals surface area contributed by atoms with Crippen molar-refractivity contribution in [3.05, 3.63) is 28.1 Å². The lowest BCUT2D eigenvalue weighted by atomic mass is 9.85. The molecule has 0 unspecified atom stereocenters. The second-order valence-corrected chi connectivity index (χ2v) is 5.40. The standard InChI is InChI=1S/C14H19FN2O4/c1-21-13-8-11(10(15)7-12(13)17(19)20)16-9-14(18)5-3-2-4-6-14/h7-8,16,18H,2-6,9H2,1H3. The van der Waals surface area contributed by atoms with Crippen LogP contribution in [0.1, 0.15) is 32.1 Å². The van der Waals surface area contributed by atoms with Crippen LogP contribution in [0, 0.1) is 15.9 Å². The van der Waals surface area contributed by atoms with Gasteiger partial charge in [-0.3, -0.25) is 10.1 Å². The molecule has 1 aromatic carbocycles. The Bertz CT molecular complexity index is 530. The molecule has 0 heterocycles. The van der Waals surface area contributed by atoms with Crippen molar-refractivity contribution in [1.82, 2.24) is 0 Å². The lowest BCUT2D eigenvalue weighted by Gasteiger charge is -2.32. The van der Waals surface area contributed by atoms with Gasteiger partial charge in [-0.2, -0.15) is 0 Å². The van der Waals surface area contributed by atoms with Gasteiger partial charge in [-0.15, -0.1) is 0 Å². The van der Waals surface area contributed by atoms with E-state index in [0.29, 0.717) is 12.8 Å². The summed E-state index contributed by atoms with van der Waals surface area (Å²) < 4.78 is 18.8. The quantitative estimate of drug-likeness (QED) is 0.645. The van der Waals surface area contributed by atoms with Gasteiger partial charge in [0.25, 0.3) is 0 Å². The van der Waals surface area contributed by atoms with Crippen LogP contribution in [0.25, 0.3) is 0 Å². The summed E-state index contributed by atoms with van der Waals surface area (Å²) in [5.41, 5.74) is -1.17. The second-order valence-electron chi connectivity index (χ2n) is 5.40. The van der Waals surface area contributed by atoms with Gasteiger partial charge in [0.1, 0.15) is 0 Å². The van der Waals surface area contributed by atoms with Gasteiger partial charge in [-0.1, -0.05) is 19.3 Å². The molecule has 1 aliphatic carbocycles. The summed E-state index contributed by atoms with van der Waals surface area (Å²) in [5, 5.41) is 24.0. The number of methoxy groups -OCH3 is 1. The van der Waals surface area contributed by atoms with E-state index in [-0.39, 0.29) is 18.0 Å². The van der Waals surface area contributed by atoms with Crippen LogP contribution < -0.4 is 10.1 Å². The van der Waals surface area contributed by atoms with E-state index >= 15 is 0 Å². The lowest BCUT2D eigenvalue weighted by molar-refractivity contribution is -0.385. The maximum absolute atomic E-state index is 13.9. The molecule has 0 atom stereocenters. The minimum atomic E-state index is -0.848. The molecule has 1 fully saturated rings. The number of rotatable bonds is 5. The molecule has 0 aromatic heterocycles. The number of aliphatic hydroxyl groups is 1. The highest BCUT2D eigenvalue weighted by Gasteiger charge is 2.29. The van der Waals surface area contributed by atoms with Gasteiger partial charge in [-0.25, -0.2) is 4.39 Å². The van der Waals surface area contributed by atoms with Crippen molar-refractivity contribution in [2.24, 2.45) is 0 Å². The maximum Gasteiger partial charge on any atom is 0.313 e. The van der Waals surface area contributed by atoms with Crippen molar-refractivity contribution < 1.29 is 19.2 Å². The summed E-state index contributed by atoms with van der Waals surface area (Å²) in [4.78, 5) is 10.1. The molecule has 2 N–H and O–H groups in total. The van der Waals surface area contributed by atoms with E-state index in [1.54, 1.807) is 0 Å². The number of anilines is 1. The number of hydrogen-bond donors (Lipinski definition) is 2. The topological polar surface area (TPSA) is 84.6 Å². The van der Waals surface area contributed by atoms with E-state index in [9.17, 15) is 19.6 Å². The first kappa shape index (κ1) is 15.5. The molecule has 2 rings (SSSR count). The molecule has 0 aliphatic heterocycles. The molecule has 0 bridgehead atoms. The smallest absolute Gasteiger partial charge is 0.313 e. The Morgan fingerprint density at radius 3 is 2.67 bits per heavy atom. The van der Waals surface area contributed by atoms with E-state index in [2.05, 4.69) is 5.32 Å². The maximum atomic E-state index is 13.9. The molecular weight excluding hydrogens is 279 g/mol.